The number of aryl methyl sites for hydroxylation is 1. The van der Waals surface area contributed by atoms with Crippen molar-refractivity contribution in [2.45, 2.75) is 19.3 Å². The van der Waals surface area contributed by atoms with Crippen LogP contribution in [-0.2, 0) is 12.8 Å². The number of nitrogens with one attached hydrogen (secondary N) is 2. The van der Waals surface area contributed by atoms with E-state index in [1.807, 2.05) is 0 Å². The summed E-state index contributed by atoms with van der Waals surface area (Å²) in [6.07, 6.45) is 2.96. The van der Waals surface area contributed by atoms with Crippen molar-refractivity contribution in [3.8, 4) is 11.5 Å². The molecule has 20 heavy (non-hydrogen) atoms. The molecule has 0 spiro atoms. The van der Waals surface area contributed by atoms with E-state index >= 15 is 0 Å². The van der Waals surface area contributed by atoms with Gasteiger partial charge in [0.05, 0.1) is 0 Å². The molecule has 0 saturated carbocycles. The largest absolute Gasteiger partial charge is 0.454 e. The molecule has 0 atom stereocenters. The number of hydrogen-bond donors (Lipinski definition) is 2. The number of anilines is 1. The number of hydrogen-bond acceptors (Lipinski definition) is 4. The zero-order valence-corrected chi connectivity index (χ0v) is 10.7. The van der Waals surface area contributed by atoms with Gasteiger partial charge in [0.25, 0.3) is 5.91 Å². The lowest BCUT2D eigenvalue weighted by atomic mass is 10.2. The minimum Gasteiger partial charge on any atom is -0.454 e. The summed E-state index contributed by atoms with van der Waals surface area (Å²) in [6.45, 7) is 0.222. The fraction of sp³-hybridized carbons (Fsp3) is 0.286. The van der Waals surface area contributed by atoms with Crippen molar-refractivity contribution in [2.24, 2.45) is 0 Å². The molecule has 2 N–H and O–H groups in total. The predicted octanol–water partition coefficient (Wildman–Crippen LogP) is 1.88. The maximum Gasteiger partial charge on any atom is 0.276 e. The smallest absolute Gasteiger partial charge is 0.276 e. The molecule has 1 aliphatic heterocycles. The van der Waals surface area contributed by atoms with Crippen LogP contribution >= 0.6 is 0 Å². The number of benzene rings is 1. The fourth-order valence-corrected chi connectivity index (χ4v) is 2.67. The van der Waals surface area contributed by atoms with Gasteiger partial charge in [0, 0.05) is 23.0 Å². The standard InChI is InChI=1S/C14H13N3O3/c18-14(13-9-2-1-3-10(9)16-17-13)15-8-4-5-11-12(6-8)20-7-19-11/h4-6H,1-3,7H2,(H,15,18)(H,16,17). The van der Waals surface area contributed by atoms with Gasteiger partial charge in [0.1, 0.15) is 0 Å². The van der Waals surface area contributed by atoms with Crippen LogP contribution in [0.25, 0.3) is 0 Å². The van der Waals surface area contributed by atoms with E-state index in [4.69, 9.17) is 9.47 Å². The molecular formula is C14H13N3O3. The van der Waals surface area contributed by atoms with E-state index in [9.17, 15) is 4.79 Å². The SMILES string of the molecule is O=C(Nc1ccc2c(c1)OCO2)c1n[nH]c2c1CCC2. The Morgan fingerprint density at radius 3 is 3.10 bits per heavy atom. The van der Waals surface area contributed by atoms with Gasteiger partial charge in [-0.3, -0.25) is 9.89 Å². The predicted molar refractivity (Wildman–Crippen MR) is 71.1 cm³/mol. The van der Waals surface area contributed by atoms with Crippen LogP contribution in [0.4, 0.5) is 5.69 Å². The summed E-state index contributed by atoms with van der Waals surface area (Å²) in [7, 11) is 0. The van der Waals surface area contributed by atoms with Gasteiger partial charge in [-0.25, -0.2) is 0 Å². The zero-order valence-electron chi connectivity index (χ0n) is 10.7. The summed E-state index contributed by atoms with van der Waals surface area (Å²) in [5.41, 5.74) is 3.30. The van der Waals surface area contributed by atoms with Crippen molar-refractivity contribution in [2.75, 3.05) is 12.1 Å². The molecule has 2 heterocycles. The van der Waals surface area contributed by atoms with Crippen molar-refractivity contribution in [1.82, 2.24) is 10.2 Å². The van der Waals surface area contributed by atoms with E-state index in [1.165, 1.54) is 0 Å². The maximum atomic E-state index is 12.3. The van der Waals surface area contributed by atoms with E-state index in [0.717, 1.165) is 30.5 Å². The Morgan fingerprint density at radius 1 is 1.25 bits per heavy atom. The Balaban J connectivity index is 1.58. The number of carbonyl (C=O) groups excluding carboxylic acids is 1. The molecule has 0 unspecified atom stereocenters. The zero-order chi connectivity index (χ0) is 13.5. The number of rotatable bonds is 2. The first-order valence-electron chi connectivity index (χ1n) is 6.58. The maximum absolute atomic E-state index is 12.3. The number of nitrogens with zero attached hydrogens (tertiary/aromatic N) is 1. The van der Waals surface area contributed by atoms with Gasteiger partial charge in [0.15, 0.2) is 17.2 Å². The van der Waals surface area contributed by atoms with E-state index < -0.39 is 0 Å². The molecule has 0 saturated heterocycles. The van der Waals surface area contributed by atoms with E-state index in [-0.39, 0.29) is 12.7 Å². The Kier molecular flexibility index (Phi) is 2.42. The normalized spacial score (nSPS) is 15.2. The molecule has 0 radical (unpaired) electrons. The Morgan fingerprint density at radius 2 is 2.15 bits per heavy atom. The van der Waals surface area contributed by atoms with Crippen LogP contribution in [0.1, 0.15) is 28.2 Å². The van der Waals surface area contributed by atoms with E-state index in [2.05, 4.69) is 15.5 Å². The summed E-state index contributed by atoms with van der Waals surface area (Å²) >= 11 is 0. The summed E-state index contributed by atoms with van der Waals surface area (Å²) < 4.78 is 10.5. The van der Waals surface area contributed by atoms with Crippen molar-refractivity contribution < 1.29 is 14.3 Å². The highest BCUT2D eigenvalue weighted by atomic mass is 16.7. The summed E-state index contributed by atoms with van der Waals surface area (Å²) in [5, 5.41) is 9.90. The monoisotopic (exact) mass is 271 g/mol. The highest BCUT2D eigenvalue weighted by Crippen LogP contribution is 2.34. The Hall–Kier alpha value is -2.50. The topological polar surface area (TPSA) is 76.2 Å². The first-order valence-corrected chi connectivity index (χ1v) is 6.58. The van der Waals surface area contributed by atoms with Gasteiger partial charge >= 0.3 is 0 Å². The molecule has 2 aliphatic rings. The molecule has 2 aromatic rings. The van der Waals surface area contributed by atoms with Crippen LogP contribution in [0, 0.1) is 0 Å². The molecule has 1 aliphatic carbocycles. The molecule has 102 valence electrons. The molecule has 1 aromatic carbocycles. The van der Waals surface area contributed by atoms with Gasteiger partial charge in [-0.2, -0.15) is 5.10 Å². The van der Waals surface area contributed by atoms with Gasteiger partial charge in [0.2, 0.25) is 6.79 Å². The van der Waals surface area contributed by atoms with Gasteiger partial charge in [-0.1, -0.05) is 0 Å². The average Bonchev–Trinajstić information content (AvgIpc) is 3.13. The molecule has 6 nitrogen and oxygen atoms in total. The molecular weight excluding hydrogens is 258 g/mol. The highest BCUT2D eigenvalue weighted by molar-refractivity contribution is 6.04. The Labute approximate surface area is 115 Å². The lowest BCUT2D eigenvalue weighted by molar-refractivity contribution is 0.102. The number of aromatic nitrogens is 2. The lowest BCUT2D eigenvalue weighted by Gasteiger charge is -2.05. The van der Waals surface area contributed by atoms with Gasteiger partial charge < -0.3 is 14.8 Å². The van der Waals surface area contributed by atoms with Crippen LogP contribution in [0.15, 0.2) is 18.2 Å². The second-order valence-corrected chi connectivity index (χ2v) is 4.91. The molecule has 4 rings (SSSR count). The van der Waals surface area contributed by atoms with E-state index in [0.29, 0.717) is 22.9 Å². The van der Waals surface area contributed by atoms with E-state index in [1.54, 1.807) is 18.2 Å². The molecule has 0 fully saturated rings. The van der Waals surface area contributed by atoms with Crippen molar-refractivity contribution in [1.29, 1.82) is 0 Å². The van der Waals surface area contributed by atoms with Crippen LogP contribution in [0.2, 0.25) is 0 Å². The van der Waals surface area contributed by atoms with Gasteiger partial charge in [-0.05, 0) is 31.4 Å². The first-order chi connectivity index (χ1) is 9.81. The summed E-state index contributed by atoms with van der Waals surface area (Å²) in [6, 6.07) is 5.33. The number of aromatic amines is 1. The number of ether oxygens (including phenoxy) is 2. The summed E-state index contributed by atoms with van der Waals surface area (Å²) in [5.74, 6) is 1.15. The van der Waals surface area contributed by atoms with Crippen LogP contribution in [-0.4, -0.2) is 22.9 Å². The molecule has 1 aromatic heterocycles. The van der Waals surface area contributed by atoms with Crippen LogP contribution in [0.3, 0.4) is 0 Å². The van der Waals surface area contributed by atoms with Crippen molar-refractivity contribution >= 4 is 11.6 Å². The van der Waals surface area contributed by atoms with Crippen LogP contribution in [0.5, 0.6) is 11.5 Å². The number of carbonyl (C=O) groups is 1. The Bertz CT molecular complexity index is 693. The van der Waals surface area contributed by atoms with Gasteiger partial charge in [-0.15, -0.1) is 0 Å². The summed E-state index contributed by atoms with van der Waals surface area (Å²) in [4.78, 5) is 12.3. The minimum atomic E-state index is -0.191. The number of amides is 1. The molecule has 0 bridgehead atoms. The fourth-order valence-electron chi connectivity index (χ4n) is 2.67. The van der Waals surface area contributed by atoms with Crippen LogP contribution < -0.4 is 14.8 Å². The first kappa shape index (κ1) is 11.3. The second kappa shape index (κ2) is 4.26. The lowest BCUT2D eigenvalue weighted by Crippen LogP contribution is -2.14. The average molecular weight is 271 g/mol. The minimum absolute atomic E-state index is 0.191. The second-order valence-electron chi connectivity index (χ2n) is 4.91. The third kappa shape index (κ3) is 1.72. The third-order valence-corrected chi connectivity index (χ3v) is 3.65. The van der Waals surface area contributed by atoms with Crippen molar-refractivity contribution in [3.63, 3.8) is 0 Å². The molecule has 6 heteroatoms. The number of H-pyrrole nitrogens is 1. The number of fused-ring (bicyclic) bond motifs is 2. The molecule has 1 amide bonds. The third-order valence-electron chi connectivity index (χ3n) is 3.65. The highest BCUT2D eigenvalue weighted by Gasteiger charge is 2.23. The quantitative estimate of drug-likeness (QED) is 0.874. The van der Waals surface area contributed by atoms with Crippen molar-refractivity contribution in [3.05, 3.63) is 35.2 Å².